The van der Waals surface area contributed by atoms with Gasteiger partial charge in [-0.2, -0.15) is 0 Å². The van der Waals surface area contributed by atoms with Crippen molar-refractivity contribution in [1.82, 2.24) is 10.3 Å². The van der Waals surface area contributed by atoms with Crippen LogP contribution in [0.5, 0.6) is 5.75 Å². The van der Waals surface area contributed by atoms with E-state index in [-0.39, 0.29) is 6.04 Å². The SMILES string of the molecule is CC(C)NC(=O)Oc1cnccc1[Si](C)(C)C. The van der Waals surface area contributed by atoms with Crippen LogP contribution in [0.25, 0.3) is 0 Å². The van der Waals surface area contributed by atoms with Gasteiger partial charge in [0.15, 0.2) is 0 Å². The number of hydrogen-bond donors (Lipinski definition) is 1. The van der Waals surface area contributed by atoms with Crippen LogP contribution >= 0.6 is 0 Å². The molecule has 0 unspecified atom stereocenters. The summed E-state index contributed by atoms with van der Waals surface area (Å²) < 4.78 is 5.31. The second-order valence-electron chi connectivity index (χ2n) is 5.31. The molecule has 0 spiro atoms. The Morgan fingerprint density at radius 3 is 2.59 bits per heavy atom. The lowest BCUT2D eigenvalue weighted by molar-refractivity contribution is 0.198. The first-order valence-electron chi connectivity index (χ1n) is 5.73. The highest BCUT2D eigenvalue weighted by atomic mass is 28.3. The number of carbonyl (C=O) groups excluding carboxylic acids is 1. The highest BCUT2D eigenvalue weighted by Gasteiger charge is 2.22. The number of amides is 1. The first-order chi connectivity index (χ1) is 7.80. The van der Waals surface area contributed by atoms with Gasteiger partial charge in [-0.05, 0) is 25.1 Å². The van der Waals surface area contributed by atoms with Gasteiger partial charge in [-0.3, -0.25) is 4.98 Å². The van der Waals surface area contributed by atoms with Crippen molar-refractivity contribution in [2.75, 3.05) is 0 Å². The molecule has 94 valence electrons. The van der Waals surface area contributed by atoms with Gasteiger partial charge in [0.1, 0.15) is 5.75 Å². The summed E-state index contributed by atoms with van der Waals surface area (Å²) in [5.41, 5.74) is 0. The van der Waals surface area contributed by atoms with E-state index in [9.17, 15) is 4.79 Å². The van der Waals surface area contributed by atoms with Crippen molar-refractivity contribution >= 4 is 19.4 Å². The van der Waals surface area contributed by atoms with Crippen molar-refractivity contribution in [3.8, 4) is 5.75 Å². The average molecular weight is 252 g/mol. The maximum Gasteiger partial charge on any atom is 0.412 e. The summed E-state index contributed by atoms with van der Waals surface area (Å²) in [6, 6.07) is 2.00. The van der Waals surface area contributed by atoms with E-state index in [0.717, 1.165) is 5.19 Å². The smallest absolute Gasteiger partial charge is 0.409 e. The molecule has 0 aromatic carbocycles. The van der Waals surface area contributed by atoms with Crippen molar-refractivity contribution in [1.29, 1.82) is 0 Å². The van der Waals surface area contributed by atoms with Crippen LogP contribution in [0, 0.1) is 0 Å². The van der Waals surface area contributed by atoms with Crippen LogP contribution in [0.2, 0.25) is 19.6 Å². The monoisotopic (exact) mass is 252 g/mol. The van der Waals surface area contributed by atoms with Gasteiger partial charge in [-0.1, -0.05) is 19.6 Å². The lowest BCUT2D eigenvalue weighted by Gasteiger charge is -2.20. The molecule has 17 heavy (non-hydrogen) atoms. The maximum absolute atomic E-state index is 11.6. The van der Waals surface area contributed by atoms with E-state index in [1.807, 2.05) is 19.9 Å². The molecule has 1 amide bonds. The third-order valence-corrected chi connectivity index (χ3v) is 4.23. The molecule has 0 aliphatic heterocycles. The van der Waals surface area contributed by atoms with Gasteiger partial charge in [-0.25, -0.2) is 4.79 Å². The van der Waals surface area contributed by atoms with Crippen molar-refractivity contribution in [2.45, 2.75) is 39.5 Å². The van der Waals surface area contributed by atoms with Crippen molar-refractivity contribution in [3.05, 3.63) is 18.5 Å². The number of aromatic nitrogens is 1. The zero-order valence-corrected chi connectivity index (χ0v) is 12.1. The van der Waals surface area contributed by atoms with E-state index < -0.39 is 14.2 Å². The minimum Gasteiger partial charge on any atom is -0.409 e. The summed E-state index contributed by atoms with van der Waals surface area (Å²) in [5.74, 6) is 0.574. The molecule has 5 heteroatoms. The van der Waals surface area contributed by atoms with Crippen LogP contribution in [0.4, 0.5) is 4.79 Å². The van der Waals surface area contributed by atoms with E-state index >= 15 is 0 Å². The van der Waals surface area contributed by atoms with Crippen LogP contribution in [0.1, 0.15) is 13.8 Å². The predicted octanol–water partition coefficient (Wildman–Crippen LogP) is 2.12. The molecule has 1 rings (SSSR count). The molecular weight excluding hydrogens is 232 g/mol. The number of hydrogen-bond acceptors (Lipinski definition) is 3. The van der Waals surface area contributed by atoms with E-state index in [4.69, 9.17) is 4.74 Å². The number of carbonyl (C=O) groups is 1. The van der Waals surface area contributed by atoms with Gasteiger partial charge in [0.05, 0.1) is 14.3 Å². The molecule has 0 atom stereocenters. The molecule has 0 fully saturated rings. The minimum atomic E-state index is -1.53. The number of rotatable bonds is 3. The molecule has 0 aliphatic rings. The molecule has 1 aromatic heterocycles. The second-order valence-corrected chi connectivity index (χ2v) is 10.3. The Morgan fingerprint density at radius 2 is 2.06 bits per heavy atom. The lowest BCUT2D eigenvalue weighted by atomic mass is 10.4. The Kier molecular flexibility index (Phi) is 4.28. The quantitative estimate of drug-likeness (QED) is 0.838. The highest BCUT2D eigenvalue weighted by Crippen LogP contribution is 2.12. The van der Waals surface area contributed by atoms with Gasteiger partial charge in [0.2, 0.25) is 0 Å². The molecule has 1 heterocycles. The van der Waals surface area contributed by atoms with Crippen LogP contribution in [0.15, 0.2) is 18.5 Å². The largest absolute Gasteiger partial charge is 0.412 e. The van der Waals surface area contributed by atoms with E-state index in [1.165, 1.54) is 0 Å². The normalized spacial score (nSPS) is 11.4. The summed E-state index contributed by atoms with van der Waals surface area (Å²) in [7, 11) is -1.53. The first-order valence-corrected chi connectivity index (χ1v) is 9.23. The van der Waals surface area contributed by atoms with Gasteiger partial charge >= 0.3 is 6.09 Å². The topological polar surface area (TPSA) is 51.2 Å². The first kappa shape index (κ1) is 13.7. The van der Waals surface area contributed by atoms with Crippen molar-refractivity contribution in [3.63, 3.8) is 0 Å². The maximum atomic E-state index is 11.6. The Morgan fingerprint density at radius 1 is 1.41 bits per heavy atom. The van der Waals surface area contributed by atoms with Crippen LogP contribution in [-0.4, -0.2) is 25.2 Å². The Labute approximate surface area is 103 Å². The molecule has 0 saturated heterocycles. The minimum absolute atomic E-state index is 0.0644. The zero-order valence-electron chi connectivity index (χ0n) is 11.1. The molecule has 1 aromatic rings. The number of nitrogens with one attached hydrogen (secondary N) is 1. The van der Waals surface area contributed by atoms with Gasteiger partial charge in [0, 0.05) is 12.2 Å². The zero-order chi connectivity index (χ0) is 13.1. The average Bonchev–Trinajstić information content (AvgIpc) is 2.15. The summed E-state index contributed by atoms with van der Waals surface area (Å²) in [4.78, 5) is 15.6. The molecule has 0 radical (unpaired) electrons. The highest BCUT2D eigenvalue weighted by molar-refractivity contribution is 6.89. The third kappa shape index (κ3) is 4.18. The Balaban J connectivity index is 2.88. The number of pyridine rings is 1. The number of ether oxygens (including phenoxy) is 1. The molecular formula is C12H20N2O2Si. The van der Waals surface area contributed by atoms with Crippen LogP contribution in [0.3, 0.4) is 0 Å². The Hall–Kier alpha value is -1.36. The fourth-order valence-electron chi connectivity index (χ4n) is 1.45. The molecule has 0 bridgehead atoms. The summed E-state index contributed by atoms with van der Waals surface area (Å²) in [5, 5.41) is 3.80. The summed E-state index contributed by atoms with van der Waals surface area (Å²) in [6.07, 6.45) is 2.92. The van der Waals surface area contributed by atoms with Crippen molar-refractivity contribution in [2.24, 2.45) is 0 Å². The van der Waals surface area contributed by atoms with Crippen molar-refractivity contribution < 1.29 is 9.53 Å². The van der Waals surface area contributed by atoms with Crippen LogP contribution < -0.4 is 15.2 Å². The molecule has 4 nitrogen and oxygen atoms in total. The van der Waals surface area contributed by atoms with E-state index in [2.05, 4.69) is 29.9 Å². The fraction of sp³-hybridized carbons (Fsp3) is 0.500. The molecule has 0 saturated carbocycles. The lowest BCUT2D eigenvalue weighted by Crippen LogP contribution is -2.41. The number of nitrogens with zero attached hydrogens (tertiary/aromatic N) is 1. The van der Waals surface area contributed by atoms with Gasteiger partial charge in [0.25, 0.3) is 0 Å². The summed E-state index contributed by atoms with van der Waals surface area (Å²) >= 11 is 0. The standard InChI is InChI=1S/C12H20N2O2Si/c1-9(2)14-12(15)16-10-8-13-7-6-11(10)17(3,4)5/h6-9H,1-5H3,(H,14,15). The fourth-order valence-corrected chi connectivity index (χ4v) is 2.88. The second kappa shape index (κ2) is 5.31. The van der Waals surface area contributed by atoms with E-state index in [0.29, 0.717) is 5.75 Å². The van der Waals surface area contributed by atoms with Gasteiger partial charge in [-0.15, -0.1) is 0 Å². The Bertz CT molecular complexity index is 400. The summed E-state index contributed by atoms with van der Waals surface area (Å²) in [6.45, 7) is 10.4. The predicted molar refractivity (Wildman–Crippen MR) is 71.5 cm³/mol. The molecule has 0 aliphatic carbocycles. The third-order valence-electron chi connectivity index (χ3n) is 2.20. The van der Waals surface area contributed by atoms with E-state index in [1.54, 1.807) is 12.4 Å². The van der Waals surface area contributed by atoms with Gasteiger partial charge < -0.3 is 10.1 Å². The van der Waals surface area contributed by atoms with Crippen LogP contribution in [-0.2, 0) is 0 Å². The molecule has 1 N–H and O–H groups in total.